The topological polar surface area (TPSA) is 65.1 Å². The summed E-state index contributed by atoms with van der Waals surface area (Å²) < 4.78 is 0. The summed E-state index contributed by atoms with van der Waals surface area (Å²) in [5.41, 5.74) is 7.54. The first-order chi connectivity index (χ1) is 11.8. The quantitative estimate of drug-likeness (QED) is 0.431. The van der Waals surface area contributed by atoms with E-state index < -0.39 is 0 Å². The van der Waals surface area contributed by atoms with Crippen LogP contribution in [0.3, 0.4) is 0 Å². The molecule has 3 N–H and O–H groups in total. The molecule has 0 heterocycles. The summed E-state index contributed by atoms with van der Waals surface area (Å²) in [4.78, 5) is 2.62. The maximum absolute atomic E-state index is 8.64. The largest absolute Gasteiger partial charge is 0.330 e. The van der Waals surface area contributed by atoms with Crippen molar-refractivity contribution in [2.24, 2.45) is 5.73 Å². The Hall–Kier alpha value is -1.41. The Morgan fingerprint density at radius 2 is 1.83 bits per heavy atom. The highest BCUT2D eigenvalue weighted by Crippen LogP contribution is 2.26. The highest BCUT2D eigenvalue weighted by atomic mass is 15.2. The number of benzene rings is 1. The van der Waals surface area contributed by atoms with E-state index in [1.807, 2.05) is 0 Å². The number of nitrogens with zero attached hydrogens (tertiary/aromatic N) is 2. The molecule has 0 saturated carbocycles. The van der Waals surface area contributed by atoms with E-state index in [-0.39, 0.29) is 0 Å². The molecule has 2 atom stereocenters. The highest BCUT2D eigenvalue weighted by molar-refractivity contribution is 5.22. The normalized spacial score (nSPS) is 13.6. The van der Waals surface area contributed by atoms with E-state index in [1.165, 1.54) is 5.56 Å². The van der Waals surface area contributed by atoms with Crippen LogP contribution in [-0.4, -0.2) is 43.7 Å². The lowest BCUT2D eigenvalue weighted by Crippen LogP contribution is -2.43. The average Bonchev–Trinajstić information content (AvgIpc) is 2.61. The molecular weight excluding hydrogens is 296 g/mol. The van der Waals surface area contributed by atoms with Gasteiger partial charge in [0, 0.05) is 18.5 Å². The van der Waals surface area contributed by atoms with Crippen molar-refractivity contribution in [3.8, 4) is 6.07 Å². The van der Waals surface area contributed by atoms with Crippen LogP contribution >= 0.6 is 0 Å². The van der Waals surface area contributed by atoms with Gasteiger partial charge < -0.3 is 11.1 Å². The second-order valence-electron chi connectivity index (χ2n) is 6.33. The van der Waals surface area contributed by atoms with Gasteiger partial charge in [0.05, 0.1) is 12.6 Å². The Kier molecular flexibility index (Phi) is 11.1. The van der Waals surface area contributed by atoms with Gasteiger partial charge in [-0.15, -0.1) is 0 Å². The van der Waals surface area contributed by atoms with Crippen LogP contribution in [0.5, 0.6) is 0 Å². The van der Waals surface area contributed by atoms with Crippen LogP contribution in [-0.2, 0) is 0 Å². The van der Waals surface area contributed by atoms with Gasteiger partial charge in [-0.05, 0) is 50.9 Å². The number of rotatable bonds is 13. The van der Waals surface area contributed by atoms with E-state index in [9.17, 15) is 0 Å². The lowest BCUT2D eigenvalue weighted by Gasteiger charge is -2.37. The first kappa shape index (κ1) is 20.6. The van der Waals surface area contributed by atoms with Crippen LogP contribution < -0.4 is 11.1 Å². The van der Waals surface area contributed by atoms with Gasteiger partial charge in [-0.25, -0.2) is 0 Å². The summed E-state index contributed by atoms with van der Waals surface area (Å²) in [6, 6.07) is 13.3. The molecule has 4 nitrogen and oxygen atoms in total. The lowest BCUT2D eigenvalue weighted by atomic mass is 9.87. The Bertz CT molecular complexity index is 448. The van der Waals surface area contributed by atoms with Crippen LogP contribution in [0.4, 0.5) is 0 Å². The fourth-order valence-corrected chi connectivity index (χ4v) is 3.45. The number of nitrogens with one attached hydrogen (secondary N) is 1. The highest BCUT2D eigenvalue weighted by Gasteiger charge is 2.26. The van der Waals surface area contributed by atoms with Crippen LogP contribution in [0.15, 0.2) is 30.3 Å². The monoisotopic (exact) mass is 330 g/mol. The molecule has 4 heteroatoms. The van der Waals surface area contributed by atoms with Crippen molar-refractivity contribution >= 4 is 0 Å². The zero-order valence-corrected chi connectivity index (χ0v) is 15.4. The van der Waals surface area contributed by atoms with Crippen molar-refractivity contribution in [3.05, 3.63) is 35.9 Å². The minimum atomic E-state index is 0.361. The molecule has 0 aliphatic heterocycles. The van der Waals surface area contributed by atoms with Gasteiger partial charge in [-0.3, -0.25) is 4.90 Å². The van der Waals surface area contributed by atoms with Crippen molar-refractivity contribution in [3.63, 3.8) is 0 Å². The van der Waals surface area contributed by atoms with Crippen LogP contribution in [0.2, 0.25) is 0 Å². The molecule has 134 valence electrons. The molecule has 0 spiro atoms. The van der Waals surface area contributed by atoms with Crippen LogP contribution in [0.25, 0.3) is 0 Å². The molecule has 0 aliphatic carbocycles. The third-order valence-electron chi connectivity index (χ3n) is 4.49. The van der Waals surface area contributed by atoms with Crippen LogP contribution in [0, 0.1) is 11.3 Å². The number of nitrogens with two attached hydrogens (primary N) is 1. The smallest absolute Gasteiger partial charge is 0.0840 e. The summed E-state index contributed by atoms with van der Waals surface area (Å²) in [5, 5.41) is 11.8. The predicted octanol–water partition coefficient (Wildman–Crippen LogP) is 3.11. The maximum atomic E-state index is 8.64. The second kappa shape index (κ2) is 12.9. The zero-order valence-electron chi connectivity index (χ0n) is 15.4. The Morgan fingerprint density at radius 1 is 1.17 bits per heavy atom. The molecule has 24 heavy (non-hydrogen) atoms. The van der Waals surface area contributed by atoms with E-state index >= 15 is 0 Å². The summed E-state index contributed by atoms with van der Waals surface area (Å²) in [7, 11) is 0. The summed E-state index contributed by atoms with van der Waals surface area (Å²) in [6.07, 6.45) is 4.50. The fraction of sp³-hybridized carbons (Fsp3) is 0.650. The van der Waals surface area contributed by atoms with Crippen molar-refractivity contribution < 1.29 is 0 Å². The molecule has 0 saturated heterocycles. The van der Waals surface area contributed by atoms with E-state index in [2.05, 4.69) is 60.5 Å². The second-order valence-corrected chi connectivity index (χ2v) is 6.33. The van der Waals surface area contributed by atoms with Crippen molar-refractivity contribution in [2.45, 2.75) is 51.5 Å². The lowest BCUT2D eigenvalue weighted by molar-refractivity contribution is 0.159. The zero-order chi connectivity index (χ0) is 17.6. The van der Waals surface area contributed by atoms with Gasteiger partial charge in [0.25, 0.3) is 0 Å². The molecule has 0 amide bonds. The third-order valence-corrected chi connectivity index (χ3v) is 4.49. The minimum Gasteiger partial charge on any atom is -0.330 e. The molecule has 0 aliphatic rings. The fourth-order valence-electron chi connectivity index (χ4n) is 3.45. The van der Waals surface area contributed by atoms with Gasteiger partial charge in [0.1, 0.15) is 0 Å². The van der Waals surface area contributed by atoms with Crippen molar-refractivity contribution in [1.82, 2.24) is 10.2 Å². The van der Waals surface area contributed by atoms with Gasteiger partial charge in [0.15, 0.2) is 0 Å². The average molecular weight is 331 g/mol. The number of hydrogen-bond acceptors (Lipinski definition) is 4. The van der Waals surface area contributed by atoms with Crippen molar-refractivity contribution in [2.75, 3.05) is 32.7 Å². The molecule has 0 radical (unpaired) electrons. The maximum Gasteiger partial charge on any atom is 0.0840 e. The van der Waals surface area contributed by atoms with Gasteiger partial charge >= 0.3 is 0 Å². The Labute approximate surface area is 148 Å². The predicted molar refractivity (Wildman–Crippen MR) is 102 cm³/mol. The molecular formula is C20H34N4. The van der Waals surface area contributed by atoms with E-state index in [0.717, 1.165) is 45.3 Å². The third kappa shape index (κ3) is 7.00. The SMILES string of the molecule is CCCN(CCC)C(CCCNCC#N)C(CN)c1ccccc1. The summed E-state index contributed by atoms with van der Waals surface area (Å²) in [6.45, 7) is 8.72. The molecule has 1 aromatic carbocycles. The molecule has 0 aromatic heterocycles. The Balaban J connectivity index is 2.85. The number of hydrogen-bond donors (Lipinski definition) is 2. The van der Waals surface area contributed by atoms with E-state index in [1.54, 1.807) is 0 Å². The molecule has 1 rings (SSSR count). The number of nitriles is 1. The molecule has 2 unspecified atom stereocenters. The first-order valence-corrected chi connectivity index (χ1v) is 9.35. The van der Waals surface area contributed by atoms with Crippen LogP contribution in [0.1, 0.15) is 51.0 Å². The molecule has 0 fully saturated rings. The van der Waals surface area contributed by atoms with E-state index in [4.69, 9.17) is 11.0 Å². The van der Waals surface area contributed by atoms with Gasteiger partial charge in [-0.2, -0.15) is 5.26 Å². The first-order valence-electron chi connectivity index (χ1n) is 9.35. The van der Waals surface area contributed by atoms with E-state index in [0.29, 0.717) is 25.0 Å². The standard InChI is InChI=1S/C20H34N4/c1-3-15-24(16-4-2)20(11-8-13-23-14-12-21)19(17-22)18-9-6-5-7-10-18/h5-7,9-10,19-20,23H,3-4,8,11,13-17,22H2,1-2H3. The van der Waals surface area contributed by atoms with Gasteiger partial charge in [0.2, 0.25) is 0 Å². The summed E-state index contributed by atoms with van der Waals surface area (Å²) in [5.74, 6) is 0.361. The van der Waals surface area contributed by atoms with Gasteiger partial charge in [-0.1, -0.05) is 44.2 Å². The molecule has 1 aromatic rings. The van der Waals surface area contributed by atoms with Crippen molar-refractivity contribution in [1.29, 1.82) is 5.26 Å². The summed E-state index contributed by atoms with van der Waals surface area (Å²) >= 11 is 0. The Morgan fingerprint density at radius 3 is 2.38 bits per heavy atom. The molecule has 0 bridgehead atoms. The minimum absolute atomic E-state index is 0.361.